The summed E-state index contributed by atoms with van der Waals surface area (Å²) in [6.45, 7) is 21.9. The van der Waals surface area contributed by atoms with Crippen molar-refractivity contribution in [1.29, 1.82) is 0 Å². The number of aryl methyl sites for hydroxylation is 8. The quantitative estimate of drug-likeness (QED) is 0.105. The number of hydrogen-bond donors (Lipinski definition) is 0. The predicted molar refractivity (Wildman–Crippen MR) is 281 cm³/mol. The Hall–Kier alpha value is -3.78. The summed E-state index contributed by atoms with van der Waals surface area (Å²) in [5.41, 5.74) is 24.4. The Kier molecular flexibility index (Phi) is 16.3. The zero-order chi connectivity index (χ0) is 45.7. The van der Waals surface area contributed by atoms with Gasteiger partial charge in [0, 0.05) is 9.52 Å². The summed E-state index contributed by atoms with van der Waals surface area (Å²) in [5.74, 6) is 1.81. The van der Waals surface area contributed by atoms with Crippen molar-refractivity contribution in [2.75, 3.05) is 0 Å². The number of halogens is 2. The van der Waals surface area contributed by atoms with Gasteiger partial charge in [-0.2, -0.15) is 12.1 Å². The van der Waals surface area contributed by atoms with Crippen LogP contribution in [0.4, 0.5) is 0 Å². The molecule has 2 saturated carbocycles. The summed E-state index contributed by atoms with van der Waals surface area (Å²) in [6.07, 6.45) is 8.05. The molecule has 2 radical (unpaired) electrons. The predicted octanol–water partition coefficient (Wildman–Crippen LogP) is 18.3. The Bertz CT molecular complexity index is 2430. The Balaban J connectivity index is 0.000000171. The van der Waals surface area contributed by atoms with Gasteiger partial charge in [-0.15, -0.1) is 44.8 Å². The van der Waals surface area contributed by atoms with E-state index in [0.717, 1.165) is 21.4 Å². The Labute approximate surface area is 406 Å². The molecule has 2 fully saturated rings. The van der Waals surface area contributed by atoms with Crippen molar-refractivity contribution in [3.63, 3.8) is 0 Å². The molecule has 0 heterocycles. The number of benzene rings is 6. The molecule has 0 unspecified atom stereocenters. The fourth-order valence-corrected chi connectivity index (χ4v) is 9.79. The van der Waals surface area contributed by atoms with Crippen molar-refractivity contribution in [2.24, 2.45) is 11.8 Å². The first kappa shape index (κ1) is 48.2. The monoisotopic (exact) mass is 972 g/mol. The van der Waals surface area contributed by atoms with E-state index < -0.39 is 20.8 Å². The maximum absolute atomic E-state index is 4.93. The van der Waals surface area contributed by atoms with E-state index in [-0.39, 0.29) is 0 Å². The van der Waals surface area contributed by atoms with Gasteiger partial charge in [-0.1, -0.05) is 188 Å². The van der Waals surface area contributed by atoms with Gasteiger partial charge in [-0.05, 0) is 117 Å². The van der Waals surface area contributed by atoms with Gasteiger partial charge >= 0.3 is 37.9 Å². The van der Waals surface area contributed by atoms with Crippen LogP contribution in [0.1, 0.15) is 81.3 Å². The third-order valence-electron chi connectivity index (χ3n) is 12.5. The summed E-state index contributed by atoms with van der Waals surface area (Å²) < 4.78 is 0. The molecule has 326 valence electrons. The van der Waals surface area contributed by atoms with E-state index in [1.54, 1.807) is 0 Å². The molecule has 0 atom stereocenters. The summed E-state index contributed by atoms with van der Waals surface area (Å²) in [7, 11) is 11.0. The third kappa shape index (κ3) is 12.4. The van der Waals surface area contributed by atoms with E-state index in [0.29, 0.717) is 0 Å². The molecule has 0 spiro atoms. The molecule has 0 nitrogen and oxygen atoms in total. The van der Waals surface area contributed by atoms with Crippen LogP contribution in [0.2, 0.25) is 13.1 Å². The van der Waals surface area contributed by atoms with Crippen molar-refractivity contribution in [1.82, 2.24) is 0 Å². The molecule has 2 aliphatic carbocycles. The van der Waals surface area contributed by atoms with Crippen molar-refractivity contribution in [3.8, 4) is 44.5 Å². The summed E-state index contributed by atoms with van der Waals surface area (Å²) >= 11 is -0.826. The van der Waals surface area contributed by atoms with Gasteiger partial charge in [0.2, 0.25) is 0 Å². The van der Waals surface area contributed by atoms with Gasteiger partial charge in [0.1, 0.15) is 0 Å². The second-order valence-corrected chi connectivity index (χ2v) is 23.8. The van der Waals surface area contributed by atoms with Gasteiger partial charge in [0.25, 0.3) is 0 Å². The minimum atomic E-state index is -0.826. The molecule has 0 aromatic heterocycles. The van der Waals surface area contributed by atoms with Gasteiger partial charge in [0.05, 0.1) is 0 Å². The first-order valence-corrected chi connectivity index (χ1v) is 31.4. The van der Waals surface area contributed by atoms with Crippen LogP contribution in [0.5, 0.6) is 0 Å². The van der Waals surface area contributed by atoms with Crippen LogP contribution >= 0.6 is 17.0 Å². The average molecular weight is 975 g/mol. The fraction of sp³-hybridized carbons (Fsp3) is 0.300. The van der Waals surface area contributed by atoms with Gasteiger partial charge in [-0.25, -0.2) is 0 Å². The molecule has 0 N–H and O–H groups in total. The van der Waals surface area contributed by atoms with Crippen LogP contribution in [0.15, 0.2) is 121 Å². The molecular formula is C60H64Cl2SiZr. The zero-order valence-corrected chi connectivity index (χ0v) is 44.7. The molecule has 0 bridgehead atoms. The SMILES string of the molecule is C[Si]C.Cc1cc(C)cc(-c2ccc(-c3cc(C)cc(C)c3)c3[cH-]c(CC4CC4)cc23)c1.Cc1cc(C)cc(-c2ccc(-c3cc(C)cc(C)c3)c3[cH-]c(CC4CC4)cc23)c1.[Cl][Zr+2][Cl]. The molecule has 0 saturated heterocycles. The van der Waals surface area contributed by atoms with E-state index in [9.17, 15) is 0 Å². The van der Waals surface area contributed by atoms with E-state index in [4.69, 9.17) is 17.0 Å². The standard InChI is InChI=1S/2C29H29.C2H6Si.2ClH.Zr/c2*1-18-9-19(2)12-24(11-18)26-7-8-27(25-13-20(3)10-21(4)14-25)29-17-23(16-28(26)29)15-22-5-6-22;1-3-2;;;/h2*7-14,16-17,22H,5-6,15H2,1-4H3;1-2H3;2*1H;/q2*-1;;;;+4/p-2. The van der Waals surface area contributed by atoms with Crippen molar-refractivity contribution < 1.29 is 20.8 Å². The van der Waals surface area contributed by atoms with Gasteiger partial charge < -0.3 is 0 Å². The molecule has 10 rings (SSSR count). The topological polar surface area (TPSA) is 0 Å². The van der Waals surface area contributed by atoms with Crippen LogP contribution in [0, 0.1) is 67.2 Å². The fourth-order valence-electron chi connectivity index (χ4n) is 9.79. The molecule has 64 heavy (non-hydrogen) atoms. The van der Waals surface area contributed by atoms with Crippen LogP contribution in [-0.2, 0) is 33.7 Å². The first-order valence-electron chi connectivity index (χ1n) is 23.1. The van der Waals surface area contributed by atoms with Crippen LogP contribution in [-0.4, -0.2) is 9.52 Å². The molecular weight excluding hydrogens is 911 g/mol. The summed E-state index contributed by atoms with van der Waals surface area (Å²) in [5, 5.41) is 5.62. The van der Waals surface area contributed by atoms with Crippen molar-refractivity contribution >= 4 is 48.1 Å². The molecule has 8 aromatic rings. The van der Waals surface area contributed by atoms with E-state index >= 15 is 0 Å². The van der Waals surface area contributed by atoms with E-state index in [1.165, 1.54) is 160 Å². The molecule has 2 aliphatic rings. The Morgan fingerprint density at radius 2 is 0.656 bits per heavy atom. The number of rotatable bonds is 8. The Morgan fingerprint density at radius 3 is 0.906 bits per heavy atom. The minimum absolute atomic E-state index is 0.826. The number of hydrogen-bond acceptors (Lipinski definition) is 0. The van der Waals surface area contributed by atoms with Crippen LogP contribution in [0.3, 0.4) is 0 Å². The first-order chi connectivity index (χ1) is 30.7. The summed E-state index contributed by atoms with van der Waals surface area (Å²) in [6, 6.07) is 46.8. The second kappa shape index (κ2) is 21.7. The average Bonchev–Trinajstić information content (AvgIpc) is 4.13. The maximum atomic E-state index is 4.93. The second-order valence-electron chi connectivity index (χ2n) is 19.1. The van der Waals surface area contributed by atoms with Crippen molar-refractivity contribution in [2.45, 2.75) is 107 Å². The zero-order valence-electron chi connectivity index (χ0n) is 39.7. The molecule has 0 aliphatic heterocycles. The summed E-state index contributed by atoms with van der Waals surface area (Å²) in [4.78, 5) is 0. The van der Waals surface area contributed by atoms with Crippen LogP contribution in [0.25, 0.3) is 66.1 Å². The van der Waals surface area contributed by atoms with Gasteiger partial charge in [0.15, 0.2) is 0 Å². The van der Waals surface area contributed by atoms with Gasteiger partial charge in [-0.3, -0.25) is 0 Å². The van der Waals surface area contributed by atoms with Crippen LogP contribution < -0.4 is 0 Å². The third-order valence-corrected chi connectivity index (χ3v) is 12.5. The molecule has 0 amide bonds. The van der Waals surface area contributed by atoms with Crippen molar-refractivity contribution in [3.05, 3.63) is 177 Å². The Morgan fingerprint density at radius 1 is 0.422 bits per heavy atom. The normalized spacial score (nSPS) is 13.1. The number of fused-ring (bicyclic) bond motifs is 2. The molecule has 8 aromatic carbocycles. The molecule has 4 heteroatoms. The van der Waals surface area contributed by atoms with E-state index in [1.807, 2.05) is 0 Å². The van der Waals surface area contributed by atoms with E-state index in [2.05, 4.69) is 190 Å².